The normalized spacial score (nSPS) is 16.7. The first-order valence-electron chi connectivity index (χ1n) is 15.2. The molecule has 42 heavy (non-hydrogen) atoms. The Morgan fingerprint density at radius 3 is 1.81 bits per heavy atom. The minimum Gasteiger partial charge on any atom is -0.353 e. The molecule has 0 spiro atoms. The summed E-state index contributed by atoms with van der Waals surface area (Å²) in [5.74, 6) is -0.422. The maximum atomic E-state index is 14.1. The van der Waals surface area contributed by atoms with Crippen molar-refractivity contribution < 1.29 is 14.4 Å². The van der Waals surface area contributed by atoms with Crippen LogP contribution >= 0.6 is 0 Å². The molecule has 3 aromatic carbocycles. The lowest BCUT2D eigenvalue weighted by atomic mass is 10.0. The Labute approximate surface area is 251 Å². The Balaban J connectivity index is 1.55. The van der Waals surface area contributed by atoms with E-state index in [-0.39, 0.29) is 41.6 Å². The van der Waals surface area contributed by atoms with Crippen molar-refractivity contribution in [3.05, 3.63) is 96.6 Å². The zero-order valence-corrected chi connectivity index (χ0v) is 26.5. The third kappa shape index (κ3) is 7.01. The molecule has 2 N–H and O–H groups in total. The van der Waals surface area contributed by atoms with Gasteiger partial charge >= 0.3 is 0 Å². The number of benzene rings is 3. The highest BCUT2D eigenvalue weighted by molar-refractivity contribution is 7.02. The SMILES string of the molecule is CC(C)[C@H](NC(=O)Cc1ccccc1)C(=O)N1CCC[C@H]1C(=O)N[C@@H](C(C)C)[Si](C)(c1ccccc1)c1ccccc1. The van der Waals surface area contributed by atoms with E-state index in [0.717, 1.165) is 12.0 Å². The van der Waals surface area contributed by atoms with Gasteiger partial charge in [0.15, 0.2) is 0 Å². The molecule has 0 radical (unpaired) electrons. The molecular formula is C35H45N3O3Si. The number of nitrogens with one attached hydrogen (secondary N) is 2. The fourth-order valence-corrected chi connectivity index (χ4v) is 10.9. The van der Waals surface area contributed by atoms with Crippen molar-refractivity contribution >= 4 is 36.2 Å². The average Bonchev–Trinajstić information content (AvgIpc) is 3.49. The Hall–Kier alpha value is -3.71. The zero-order valence-electron chi connectivity index (χ0n) is 25.5. The van der Waals surface area contributed by atoms with Gasteiger partial charge in [-0.1, -0.05) is 136 Å². The Bertz CT molecular complexity index is 1290. The van der Waals surface area contributed by atoms with E-state index in [9.17, 15) is 14.4 Å². The van der Waals surface area contributed by atoms with Gasteiger partial charge in [-0.05, 0) is 30.2 Å². The number of rotatable bonds is 11. The highest BCUT2D eigenvalue weighted by atomic mass is 28.3. The predicted octanol–water partition coefficient (Wildman–Crippen LogP) is 3.93. The smallest absolute Gasteiger partial charge is 0.246 e. The molecule has 0 bridgehead atoms. The number of carbonyl (C=O) groups excluding carboxylic acids is 3. The topological polar surface area (TPSA) is 78.5 Å². The van der Waals surface area contributed by atoms with Gasteiger partial charge in [0, 0.05) is 12.2 Å². The van der Waals surface area contributed by atoms with E-state index in [1.165, 1.54) is 10.4 Å². The third-order valence-corrected chi connectivity index (χ3v) is 13.7. The van der Waals surface area contributed by atoms with Gasteiger partial charge in [0.25, 0.3) is 0 Å². The molecular weight excluding hydrogens is 538 g/mol. The molecule has 1 fully saturated rings. The quantitative estimate of drug-likeness (QED) is 0.336. The number of likely N-dealkylation sites (tertiary alicyclic amines) is 1. The van der Waals surface area contributed by atoms with Crippen LogP contribution in [0.2, 0.25) is 6.55 Å². The monoisotopic (exact) mass is 583 g/mol. The molecule has 6 nitrogen and oxygen atoms in total. The lowest BCUT2D eigenvalue weighted by Gasteiger charge is -2.41. The molecule has 7 heteroatoms. The van der Waals surface area contributed by atoms with Crippen LogP contribution in [0.4, 0.5) is 0 Å². The molecule has 0 saturated carbocycles. The summed E-state index contributed by atoms with van der Waals surface area (Å²) in [5.41, 5.74) is 0.811. The average molecular weight is 584 g/mol. The van der Waals surface area contributed by atoms with E-state index in [1.54, 1.807) is 4.90 Å². The lowest BCUT2D eigenvalue weighted by molar-refractivity contribution is -0.142. The summed E-state index contributed by atoms with van der Waals surface area (Å²) in [6.07, 6.45) is 1.57. The van der Waals surface area contributed by atoms with E-state index >= 15 is 0 Å². The Morgan fingerprint density at radius 2 is 1.31 bits per heavy atom. The van der Waals surface area contributed by atoms with Crippen molar-refractivity contribution in [3.8, 4) is 0 Å². The van der Waals surface area contributed by atoms with Gasteiger partial charge in [-0.15, -0.1) is 0 Å². The molecule has 1 saturated heterocycles. The van der Waals surface area contributed by atoms with Gasteiger partial charge in [-0.25, -0.2) is 0 Å². The third-order valence-electron chi connectivity index (χ3n) is 8.63. The van der Waals surface area contributed by atoms with Crippen molar-refractivity contribution in [1.82, 2.24) is 15.5 Å². The molecule has 0 unspecified atom stereocenters. The summed E-state index contributed by atoms with van der Waals surface area (Å²) in [7, 11) is -2.45. The lowest BCUT2D eigenvalue weighted by Crippen LogP contribution is -2.71. The van der Waals surface area contributed by atoms with Crippen molar-refractivity contribution in [1.29, 1.82) is 0 Å². The molecule has 0 aliphatic carbocycles. The second-order valence-electron chi connectivity index (χ2n) is 12.3. The van der Waals surface area contributed by atoms with Crippen LogP contribution in [-0.2, 0) is 20.8 Å². The van der Waals surface area contributed by atoms with E-state index in [4.69, 9.17) is 0 Å². The first-order chi connectivity index (χ1) is 20.1. The number of nitrogens with zero attached hydrogens (tertiary/aromatic N) is 1. The maximum Gasteiger partial charge on any atom is 0.246 e. The van der Waals surface area contributed by atoms with Gasteiger partial charge < -0.3 is 15.5 Å². The number of hydrogen-bond acceptors (Lipinski definition) is 3. The molecule has 1 heterocycles. The second kappa shape index (κ2) is 14.0. The highest BCUT2D eigenvalue weighted by Gasteiger charge is 2.45. The summed E-state index contributed by atoms with van der Waals surface area (Å²) in [6.45, 7) is 11.0. The van der Waals surface area contributed by atoms with E-state index in [1.807, 2.05) is 56.3 Å². The highest BCUT2D eigenvalue weighted by Crippen LogP contribution is 2.23. The molecule has 222 valence electrons. The van der Waals surface area contributed by atoms with Crippen LogP contribution in [0.5, 0.6) is 0 Å². The minimum absolute atomic E-state index is 0.0844. The van der Waals surface area contributed by atoms with Crippen LogP contribution < -0.4 is 21.0 Å². The molecule has 4 rings (SSSR count). The van der Waals surface area contributed by atoms with E-state index < -0.39 is 20.2 Å². The maximum absolute atomic E-state index is 14.1. The molecule has 0 aromatic heterocycles. The number of hydrogen-bond donors (Lipinski definition) is 2. The van der Waals surface area contributed by atoms with Crippen LogP contribution in [-0.4, -0.2) is 55.0 Å². The Morgan fingerprint density at radius 1 is 0.786 bits per heavy atom. The first kappa shape index (κ1) is 31.2. The molecule has 3 atom stereocenters. The van der Waals surface area contributed by atoms with Crippen LogP contribution in [0.25, 0.3) is 0 Å². The summed E-state index contributed by atoms with van der Waals surface area (Å²) < 4.78 is 0. The van der Waals surface area contributed by atoms with Crippen LogP contribution in [0, 0.1) is 11.8 Å². The molecule has 3 amide bonds. The van der Waals surface area contributed by atoms with Crippen LogP contribution in [0.15, 0.2) is 91.0 Å². The fourth-order valence-electron chi connectivity index (χ4n) is 6.32. The summed E-state index contributed by atoms with van der Waals surface area (Å²) in [5, 5.41) is 8.96. The van der Waals surface area contributed by atoms with Gasteiger partial charge in [0.2, 0.25) is 17.7 Å². The standard InChI is InChI=1S/C35H45N3O3Si/c1-25(2)32(36-31(39)24-27-16-9-6-10-17-27)35(41)38-23-15-22-30(38)33(40)37-34(26(3)4)42(5,28-18-11-7-12-19-28)29-20-13-8-14-21-29/h6-14,16-21,25-26,30,32,34H,15,22-24H2,1-5H3,(H,36,39)(H,37,40)/t30-,32-,34+/m0/s1. The first-order valence-corrected chi connectivity index (χ1v) is 17.8. The minimum atomic E-state index is -2.45. The molecule has 3 aromatic rings. The van der Waals surface area contributed by atoms with Crippen molar-refractivity contribution in [2.75, 3.05) is 6.54 Å². The Kier molecular flexibility index (Phi) is 10.4. The van der Waals surface area contributed by atoms with Crippen LogP contribution in [0.1, 0.15) is 46.1 Å². The van der Waals surface area contributed by atoms with Crippen molar-refractivity contribution in [3.63, 3.8) is 0 Å². The van der Waals surface area contributed by atoms with Crippen molar-refractivity contribution in [2.45, 2.75) is 71.3 Å². The second-order valence-corrected chi connectivity index (χ2v) is 16.5. The molecule has 1 aliphatic heterocycles. The van der Waals surface area contributed by atoms with Crippen molar-refractivity contribution in [2.24, 2.45) is 11.8 Å². The fraction of sp³-hybridized carbons (Fsp3) is 0.400. The van der Waals surface area contributed by atoms with Gasteiger partial charge in [-0.3, -0.25) is 14.4 Å². The van der Waals surface area contributed by atoms with E-state index in [0.29, 0.717) is 13.0 Å². The molecule has 1 aliphatic rings. The van der Waals surface area contributed by atoms with Gasteiger partial charge in [0.1, 0.15) is 20.2 Å². The summed E-state index contributed by atoms with van der Waals surface area (Å²) >= 11 is 0. The zero-order chi connectivity index (χ0) is 30.3. The summed E-state index contributed by atoms with van der Waals surface area (Å²) in [6, 6.07) is 29.3. The van der Waals surface area contributed by atoms with Crippen LogP contribution in [0.3, 0.4) is 0 Å². The predicted molar refractivity (Wildman–Crippen MR) is 172 cm³/mol. The van der Waals surface area contributed by atoms with E-state index in [2.05, 4.69) is 79.6 Å². The van der Waals surface area contributed by atoms with Gasteiger partial charge in [-0.2, -0.15) is 0 Å². The number of amides is 3. The number of carbonyl (C=O) groups is 3. The largest absolute Gasteiger partial charge is 0.353 e. The summed E-state index contributed by atoms with van der Waals surface area (Å²) in [4.78, 5) is 42.6. The van der Waals surface area contributed by atoms with Gasteiger partial charge in [0.05, 0.1) is 6.42 Å².